The number of carbonyl (C=O) groups is 1. The Morgan fingerprint density at radius 1 is 1.52 bits per heavy atom. The highest BCUT2D eigenvalue weighted by molar-refractivity contribution is 7.92. The summed E-state index contributed by atoms with van der Waals surface area (Å²) in [6, 6.07) is 0.902. The number of carbonyl (C=O) groups excluding carboxylic acids is 1. The maximum atomic E-state index is 12.6. The number of thiophene rings is 1. The molecule has 0 bridgehead atoms. The molecule has 1 aromatic heterocycles. The van der Waals surface area contributed by atoms with Crippen LogP contribution in [0.5, 0.6) is 0 Å². The summed E-state index contributed by atoms with van der Waals surface area (Å²) >= 11 is 0.847. The maximum Gasteiger partial charge on any atom is 0.341 e. The van der Waals surface area contributed by atoms with Crippen LogP contribution in [0.15, 0.2) is 16.3 Å². The zero-order valence-corrected chi connectivity index (χ0v) is 12.9. The van der Waals surface area contributed by atoms with Crippen molar-refractivity contribution in [3.05, 3.63) is 16.3 Å². The lowest BCUT2D eigenvalue weighted by Gasteiger charge is -2.30. The third kappa shape index (κ3) is 3.41. The van der Waals surface area contributed by atoms with Gasteiger partial charge in [-0.15, -0.1) is 11.3 Å². The van der Waals surface area contributed by atoms with Gasteiger partial charge in [0.2, 0.25) is 9.84 Å². The number of sulfone groups is 1. The van der Waals surface area contributed by atoms with Crippen molar-refractivity contribution in [1.29, 1.82) is 0 Å². The summed E-state index contributed by atoms with van der Waals surface area (Å²) in [7, 11) is -4.76. The Labute approximate surface area is 125 Å². The molecule has 2 N–H and O–H groups in total. The van der Waals surface area contributed by atoms with Gasteiger partial charge in [-0.2, -0.15) is 8.78 Å². The van der Waals surface area contributed by atoms with Crippen LogP contribution in [0.1, 0.15) is 23.0 Å². The average Bonchev–Trinajstić information content (AvgIpc) is 2.91. The Hall–Kier alpha value is -1.06. The van der Waals surface area contributed by atoms with Crippen molar-refractivity contribution in [2.75, 3.05) is 13.1 Å². The van der Waals surface area contributed by atoms with Crippen molar-refractivity contribution >= 4 is 27.1 Å². The van der Waals surface area contributed by atoms with Gasteiger partial charge in [0.1, 0.15) is 4.88 Å². The van der Waals surface area contributed by atoms with Gasteiger partial charge in [0.05, 0.1) is 4.90 Å². The van der Waals surface area contributed by atoms with E-state index in [1.807, 2.05) is 6.92 Å². The molecular weight excluding hydrogens is 322 g/mol. The molecule has 0 spiro atoms. The highest BCUT2D eigenvalue weighted by atomic mass is 32.2. The molecule has 2 unspecified atom stereocenters. The van der Waals surface area contributed by atoms with E-state index in [1.165, 1.54) is 5.38 Å². The van der Waals surface area contributed by atoms with Gasteiger partial charge in [-0.05, 0) is 30.3 Å². The van der Waals surface area contributed by atoms with Crippen molar-refractivity contribution in [1.82, 2.24) is 10.6 Å². The first-order valence-electron chi connectivity index (χ1n) is 6.45. The lowest BCUT2D eigenvalue weighted by molar-refractivity contribution is 0.0916. The molecule has 0 radical (unpaired) electrons. The lowest BCUT2D eigenvalue weighted by Crippen LogP contribution is -2.50. The number of hydrogen-bond donors (Lipinski definition) is 2. The molecule has 1 aliphatic rings. The second-order valence-electron chi connectivity index (χ2n) is 4.97. The SMILES string of the molecule is CC1CCNCC1NC(=O)c1sccc1S(=O)(=O)C(F)F. The Kier molecular flexibility index (Phi) is 4.95. The minimum Gasteiger partial charge on any atom is -0.347 e. The van der Waals surface area contributed by atoms with E-state index in [4.69, 9.17) is 0 Å². The van der Waals surface area contributed by atoms with Crippen LogP contribution < -0.4 is 10.6 Å². The number of amides is 1. The fourth-order valence-electron chi connectivity index (χ4n) is 2.20. The van der Waals surface area contributed by atoms with Gasteiger partial charge in [-0.25, -0.2) is 8.42 Å². The van der Waals surface area contributed by atoms with E-state index in [0.717, 1.165) is 30.4 Å². The largest absolute Gasteiger partial charge is 0.347 e. The molecule has 1 saturated heterocycles. The normalized spacial score (nSPS) is 23.2. The molecule has 21 heavy (non-hydrogen) atoms. The van der Waals surface area contributed by atoms with E-state index in [-0.39, 0.29) is 16.8 Å². The van der Waals surface area contributed by atoms with Crippen molar-refractivity contribution in [2.45, 2.75) is 30.0 Å². The molecule has 0 aliphatic carbocycles. The molecule has 1 fully saturated rings. The fraction of sp³-hybridized carbons (Fsp3) is 0.583. The Bertz CT molecular complexity index is 616. The van der Waals surface area contributed by atoms with Crippen molar-refractivity contribution in [3.63, 3.8) is 0 Å². The smallest absolute Gasteiger partial charge is 0.341 e. The predicted molar refractivity (Wildman–Crippen MR) is 75.4 cm³/mol. The summed E-state index contributed by atoms with van der Waals surface area (Å²) in [5, 5.41) is 7.18. The van der Waals surface area contributed by atoms with E-state index in [9.17, 15) is 22.0 Å². The van der Waals surface area contributed by atoms with Gasteiger partial charge in [-0.1, -0.05) is 6.92 Å². The number of nitrogens with one attached hydrogen (secondary N) is 2. The monoisotopic (exact) mass is 338 g/mol. The van der Waals surface area contributed by atoms with Crippen molar-refractivity contribution < 1.29 is 22.0 Å². The third-order valence-electron chi connectivity index (χ3n) is 3.52. The van der Waals surface area contributed by atoms with Gasteiger partial charge in [0.15, 0.2) is 0 Å². The molecule has 2 rings (SSSR count). The Morgan fingerprint density at radius 2 is 2.24 bits per heavy atom. The number of rotatable bonds is 4. The first-order chi connectivity index (χ1) is 9.84. The van der Waals surface area contributed by atoms with Crippen molar-refractivity contribution in [2.24, 2.45) is 5.92 Å². The molecule has 2 heterocycles. The van der Waals surface area contributed by atoms with Gasteiger partial charge in [0.25, 0.3) is 5.91 Å². The number of piperidine rings is 1. The topological polar surface area (TPSA) is 75.3 Å². The molecule has 1 amide bonds. The molecule has 1 aliphatic heterocycles. The zero-order valence-electron chi connectivity index (χ0n) is 11.3. The minimum atomic E-state index is -4.76. The van der Waals surface area contributed by atoms with Crippen LogP contribution in [0.25, 0.3) is 0 Å². The molecule has 1 aromatic rings. The van der Waals surface area contributed by atoms with Crippen LogP contribution in [0.4, 0.5) is 8.78 Å². The van der Waals surface area contributed by atoms with E-state index >= 15 is 0 Å². The summed E-state index contributed by atoms with van der Waals surface area (Å²) in [6.45, 7) is 3.42. The number of halogens is 2. The molecule has 0 saturated carbocycles. The van der Waals surface area contributed by atoms with E-state index in [0.29, 0.717) is 6.54 Å². The number of alkyl halides is 2. The van der Waals surface area contributed by atoms with E-state index in [1.54, 1.807) is 0 Å². The second kappa shape index (κ2) is 6.37. The standard InChI is InChI=1S/C12H16F2N2O3S2/c1-7-2-4-15-6-8(7)16-11(17)10-9(3-5-20-10)21(18,19)12(13)14/h3,5,7-8,12,15H,2,4,6H2,1H3,(H,16,17). The lowest BCUT2D eigenvalue weighted by atomic mass is 9.95. The predicted octanol–water partition coefficient (Wildman–Crippen LogP) is 1.47. The van der Waals surface area contributed by atoms with Gasteiger partial charge >= 0.3 is 5.76 Å². The second-order valence-corrected chi connectivity index (χ2v) is 7.77. The van der Waals surface area contributed by atoms with E-state index in [2.05, 4.69) is 10.6 Å². The summed E-state index contributed by atoms with van der Waals surface area (Å²) in [5.74, 6) is -3.91. The summed E-state index contributed by atoms with van der Waals surface area (Å²) in [5.41, 5.74) is 0. The quantitative estimate of drug-likeness (QED) is 0.872. The minimum absolute atomic E-state index is 0.143. The highest BCUT2D eigenvalue weighted by Gasteiger charge is 2.33. The fourth-order valence-corrected chi connectivity index (χ4v) is 4.27. The van der Waals surface area contributed by atoms with E-state index < -0.39 is 26.4 Å². The molecule has 5 nitrogen and oxygen atoms in total. The van der Waals surface area contributed by atoms with Crippen LogP contribution in [0.2, 0.25) is 0 Å². The van der Waals surface area contributed by atoms with Gasteiger partial charge in [-0.3, -0.25) is 4.79 Å². The maximum absolute atomic E-state index is 12.6. The summed E-state index contributed by atoms with van der Waals surface area (Å²) in [4.78, 5) is 11.4. The molecule has 0 aromatic carbocycles. The van der Waals surface area contributed by atoms with Crippen LogP contribution in [0.3, 0.4) is 0 Å². The average molecular weight is 338 g/mol. The molecular formula is C12H16F2N2O3S2. The van der Waals surface area contributed by atoms with Crippen LogP contribution in [-0.4, -0.2) is 39.2 Å². The van der Waals surface area contributed by atoms with Crippen LogP contribution in [0, 0.1) is 5.92 Å². The summed E-state index contributed by atoms with van der Waals surface area (Å²) < 4.78 is 48.3. The van der Waals surface area contributed by atoms with Gasteiger partial charge in [0, 0.05) is 12.6 Å². The summed E-state index contributed by atoms with van der Waals surface area (Å²) in [6.07, 6.45) is 0.886. The Morgan fingerprint density at radius 3 is 2.86 bits per heavy atom. The first-order valence-corrected chi connectivity index (χ1v) is 8.87. The zero-order chi connectivity index (χ0) is 15.6. The van der Waals surface area contributed by atoms with Gasteiger partial charge < -0.3 is 10.6 Å². The van der Waals surface area contributed by atoms with Crippen molar-refractivity contribution in [3.8, 4) is 0 Å². The van der Waals surface area contributed by atoms with Crippen LogP contribution >= 0.6 is 11.3 Å². The molecule has 2 atom stereocenters. The van der Waals surface area contributed by atoms with Crippen LogP contribution in [-0.2, 0) is 9.84 Å². The molecule has 9 heteroatoms. The Balaban J connectivity index is 2.19. The molecule has 118 valence electrons. The number of hydrogen-bond acceptors (Lipinski definition) is 5. The first kappa shape index (κ1) is 16.3. The third-order valence-corrected chi connectivity index (χ3v) is 5.99. The highest BCUT2D eigenvalue weighted by Crippen LogP contribution is 2.27.